The molecule has 1 fully saturated rings. The maximum Gasteiger partial charge on any atom is 0.0938 e. The number of nitrogens with one attached hydrogen (secondary N) is 1. The zero-order valence-corrected chi connectivity index (χ0v) is 9.42. The van der Waals surface area contributed by atoms with Crippen molar-refractivity contribution in [2.75, 3.05) is 0 Å². The van der Waals surface area contributed by atoms with E-state index in [1.807, 2.05) is 0 Å². The van der Waals surface area contributed by atoms with Crippen LogP contribution in [0.25, 0.3) is 0 Å². The molecule has 3 unspecified atom stereocenters. The number of rotatable bonds is 0. The van der Waals surface area contributed by atoms with Crippen molar-refractivity contribution in [1.82, 2.24) is 5.32 Å². The Balaban J connectivity index is 1.97. The van der Waals surface area contributed by atoms with E-state index >= 15 is 0 Å². The molecule has 3 atom stereocenters. The van der Waals surface area contributed by atoms with Gasteiger partial charge in [0.25, 0.3) is 0 Å². The average molecular weight is 194 g/mol. The van der Waals surface area contributed by atoms with Gasteiger partial charge in [0.15, 0.2) is 0 Å². The van der Waals surface area contributed by atoms with Crippen LogP contribution in [0.4, 0.5) is 0 Å². The lowest BCUT2D eigenvalue weighted by Crippen LogP contribution is -2.33. The highest BCUT2D eigenvalue weighted by Gasteiger charge is 2.27. The van der Waals surface area contributed by atoms with Gasteiger partial charge in [0.2, 0.25) is 0 Å². The Morgan fingerprint density at radius 1 is 1.14 bits per heavy atom. The molecular weight excluding hydrogens is 172 g/mol. The molecule has 1 N–H and O–H groups in total. The van der Waals surface area contributed by atoms with Gasteiger partial charge in [-0.05, 0) is 32.1 Å². The van der Waals surface area contributed by atoms with Gasteiger partial charge in [0, 0.05) is 6.04 Å². The van der Waals surface area contributed by atoms with Crippen molar-refractivity contribution in [3.8, 4) is 0 Å². The first kappa shape index (κ1) is 10.0. The highest BCUT2D eigenvalue weighted by Crippen LogP contribution is 2.25. The van der Waals surface area contributed by atoms with Crippen molar-refractivity contribution in [3.05, 3.63) is 0 Å². The van der Waals surface area contributed by atoms with Crippen LogP contribution in [0, 0.1) is 5.92 Å². The third kappa shape index (κ3) is 2.28. The Morgan fingerprint density at radius 2 is 1.93 bits per heavy atom. The summed E-state index contributed by atoms with van der Waals surface area (Å²) in [4.78, 5) is 4.69. The summed E-state index contributed by atoms with van der Waals surface area (Å²) >= 11 is 0. The number of nitrogens with zero attached hydrogens (tertiary/aromatic N) is 1. The third-order valence-electron chi connectivity index (χ3n) is 3.64. The molecular formula is C12H22N2. The molecule has 2 rings (SSSR count). The molecule has 0 bridgehead atoms. The zero-order chi connectivity index (χ0) is 9.97. The molecule has 0 saturated heterocycles. The lowest BCUT2D eigenvalue weighted by molar-refractivity contribution is 0.433. The van der Waals surface area contributed by atoms with Gasteiger partial charge in [0.05, 0.1) is 11.9 Å². The standard InChI is InChI=1S/C12H22N2/c1-9-5-3-4-6-11-12(8-7-9)14-10(2)13-11/h9,11-12H,3-8H2,1-2H3,(H,13,14). The molecule has 2 aliphatic rings. The van der Waals surface area contributed by atoms with E-state index in [1.165, 1.54) is 38.5 Å². The van der Waals surface area contributed by atoms with E-state index in [0.717, 1.165) is 11.8 Å². The SMILES string of the molecule is CC1=NC2CCC(C)CCCCC2N1. The highest BCUT2D eigenvalue weighted by atomic mass is 15.1. The zero-order valence-electron chi connectivity index (χ0n) is 9.42. The summed E-state index contributed by atoms with van der Waals surface area (Å²) in [5.74, 6) is 2.07. The van der Waals surface area contributed by atoms with Crippen LogP contribution in [0.1, 0.15) is 52.4 Å². The second-order valence-corrected chi connectivity index (χ2v) is 5.00. The summed E-state index contributed by atoms with van der Waals surface area (Å²) in [7, 11) is 0. The Hall–Kier alpha value is -0.530. The maximum atomic E-state index is 4.69. The molecule has 0 amide bonds. The van der Waals surface area contributed by atoms with E-state index < -0.39 is 0 Å². The van der Waals surface area contributed by atoms with Gasteiger partial charge >= 0.3 is 0 Å². The summed E-state index contributed by atoms with van der Waals surface area (Å²) < 4.78 is 0. The molecule has 80 valence electrons. The van der Waals surface area contributed by atoms with Crippen molar-refractivity contribution in [2.45, 2.75) is 64.5 Å². The largest absolute Gasteiger partial charge is 0.369 e. The Labute approximate surface area is 87.2 Å². The Bertz CT molecular complexity index is 222. The van der Waals surface area contributed by atoms with Gasteiger partial charge in [-0.25, -0.2) is 0 Å². The quantitative estimate of drug-likeness (QED) is 0.630. The fraction of sp³-hybridized carbons (Fsp3) is 0.917. The van der Waals surface area contributed by atoms with E-state index in [0.29, 0.717) is 12.1 Å². The predicted octanol–water partition coefficient (Wildman–Crippen LogP) is 2.74. The van der Waals surface area contributed by atoms with Gasteiger partial charge in [-0.2, -0.15) is 0 Å². The van der Waals surface area contributed by atoms with Crippen molar-refractivity contribution in [3.63, 3.8) is 0 Å². The van der Waals surface area contributed by atoms with Crippen LogP contribution in [0.3, 0.4) is 0 Å². The van der Waals surface area contributed by atoms with E-state index in [9.17, 15) is 0 Å². The minimum atomic E-state index is 0.579. The van der Waals surface area contributed by atoms with Gasteiger partial charge < -0.3 is 5.32 Å². The van der Waals surface area contributed by atoms with Crippen LogP contribution in [0.2, 0.25) is 0 Å². The van der Waals surface area contributed by atoms with E-state index in [2.05, 4.69) is 19.2 Å². The van der Waals surface area contributed by atoms with Crippen LogP contribution in [0.5, 0.6) is 0 Å². The Kier molecular flexibility index (Phi) is 3.09. The van der Waals surface area contributed by atoms with Gasteiger partial charge in [-0.1, -0.05) is 26.2 Å². The van der Waals surface area contributed by atoms with Crippen LogP contribution in [0.15, 0.2) is 4.99 Å². The van der Waals surface area contributed by atoms with Gasteiger partial charge in [0.1, 0.15) is 0 Å². The fourth-order valence-corrected chi connectivity index (χ4v) is 2.73. The summed E-state index contributed by atoms with van der Waals surface area (Å²) in [5.41, 5.74) is 0. The first-order valence-electron chi connectivity index (χ1n) is 6.06. The third-order valence-corrected chi connectivity index (χ3v) is 3.64. The maximum absolute atomic E-state index is 4.69. The molecule has 2 heteroatoms. The average Bonchev–Trinajstić information content (AvgIpc) is 2.51. The highest BCUT2D eigenvalue weighted by molar-refractivity contribution is 5.81. The molecule has 0 aromatic heterocycles. The number of amidine groups is 1. The number of fused-ring (bicyclic) bond motifs is 1. The molecule has 1 aliphatic heterocycles. The molecule has 0 radical (unpaired) electrons. The van der Waals surface area contributed by atoms with Crippen molar-refractivity contribution in [2.24, 2.45) is 10.9 Å². The topological polar surface area (TPSA) is 24.4 Å². The van der Waals surface area contributed by atoms with E-state index in [4.69, 9.17) is 4.99 Å². The van der Waals surface area contributed by atoms with Crippen LogP contribution in [-0.4, -0.2) is 17.9 Å². The molecule has 14 heavy (non-hydrogen) atoms. The minimum Gasteiger partial charge on any atom is -0.369 e. The molecule has 1 aliphatic carbocycles. The summed E-state index contributed by atoms with van der Waals surface area (Å²) in [5, 5.41) is 3.52. The molecule has 2 nitrogen and oxygen atoms in total. The molecule has 1 saturated carbocycles. The van der Waals surface area contributed by atoms with E-state index in [1.54, 1.807) is 0 Å². The summed E-state index contributed by atoms with van der Waals surface area (Å²) in [6.45, 7) is 4.49. The second-order valence-electron chi connectivity index (χ2n) is 5.00. The smallest absolute Gasteiger partial charge is 0.0938 e. The van der Waals surface area contributed by atoms with E-state index in [-0.39, 0.29) is 0 Å². The molecule has 1 heterocycles. The first-order valence-corrected chi connectivity index (χ1v) is 6.06. The predicted molar refractivity (Wildman–Crippen MR) is 60.7 cm³/mol. The number of hydrogen-bond acceptors (Lipinski definition) is 2. The molecule has 0 aromatic rings. The van der Waals surface area contributed by atoms with Crippen molar-refractivity contribution < 1.29 is 0 Å². The molecule has 0 aromatic carbocycles. The Morgan fingerprint density at radius 3 is 2.79 bits per heavy atom. The fourth-order valence-electron chi connectivity index (χ4n) is 2.73. The van der Waals surface area contributed by atoms with Crippen molar-refractivity contribution >= 4 is 5.84 Å². The van der Waals surface area contributed by atoms with Crippen LogP contribution in [-0.2, 0) is 0 Å². The molecule has 0 spiro atoms. The minimum absolute atomic E-state index is 0.579. The monoisotopic (exact) mass is 194 g/mol. The second kappa shape index (κ2) is 4.33. The number of hydrogen-bond donors (Lipinski definition) is 1. The first-order chi connectivity index (χ1) is 6.75. The van der Waals surface area contributed by atoms with Crippen molar-refractivity contribution in [1.29, 1.82) is 0 Å². The van der Waals surface area contributed by atoms with Gasteiger partial charge in [-0.15, -0.1) is 0 Å². The van der Waals surface area contributed by atoms with Gasteiger partial charge in [-0.3, -0.25) is 4.99 Å². The number of aliphatic imine (C=N–C) groups is 1. The summed E-state index contributed by atoms with van der Waals surface area (Å²) in [6.07, 6.45) is 8.17. The van der Waals surface area contributed by atoms with Crippen LogP contribution < -0.4 is 5.32 Å². The normalized spacial score (nSPS) is 38.7. The summed E-state index contributed by atoms with van der Waals surface area (Å²) in [6, 6.07) is 1.23. The lowest BCUT2D eigenvalue weighted by atomic mass is 9.97. The van der Waals surface area contributed by atoms with Crippen LogP contribution >= 0.6 is 0 Å². The lowest BCUT2D eigenvalue weighted by Gasteiger charge is -2.17.